The van der Waals surface area contributed by atoms with Gasteiger partial charge in [-0.05, 0) is 38.0 Å². The van der Waals surface area contributed by atoms with Crippen LogP contribution in [0.3, 0.4) is 0 Å². The van der Waals surface area contributed by atoms with Crippen molar-refractivity contribution in [3.63, 3.8) is 0 Å². The minimum Gasteiger partial charge on any atom is -0.466 e. The number of hydrogen-bond acceptors (Lipinski definition) is 6. The number of amides is 2. The molecule has 0 aliphatic carbocycles. The van der Waals surface area contributed by atoms with Gasteiger partial charge in [0.1, 0.15) is 0 Å². The number of nitrogens with one attached hydrogen (secondary N) is 1. The van der Waals surface area contributed by atoms with Crippen molar-refractivity contribution < 1.29 is 28.6 Å². The maximum atomic E-state index is 12.4. The number of piperidine rings is 1. The van der Waals surface area contributed by atoms with Gasteiger partial charge in [-0.3, -0.25) is 14.4 Å². The van der Waals surface area contributed by atoms with Crippen molar-refractivity contribution in [2.45, 2.75) is 38.6 Å². The summed E-state index contributed by atoms with van der Waals surface area (Å²) in [5.41, 5.74) is 0.521. The maximum absolute atomic E-state index is 12.4. The Hall–Kier alpha value is -2.77. The molecule has 0 aromatic heterocycles. The maximum Gasteiger partial charge on any atom is 0.306 e. The van der Waals surface area contributed by atoms with Gasteiger partial charge < -0.3 is 24.4 Å². The van der Waals surface area contributed by atoms with Crippen LogP contribution < -0.4 is 14.8 Å². The van der Waals surface area contributed by atoms with Crippen molar-refractivity contribution in [3.05, 3.63) is 23.8 Å². The number of benzene rings is 1. The molecule has 1 saturated heterocycles. The van der Waals surface area contributed by atoms with Crippen LogP contribution >= 0.6 is 0 Å². The van der Waals surface area contributed by atoms with Crippen molar-refractivity contribution in [1.29, 1.82) is 0 Å². The van der Waals surface area contributed by atoms with E-state index < -0.39 is 0 Å². The molecule has 0 saturated carbocycles. The lowest BCUT2D eigenvalue weighted by atomic mass is 10.0. The number of carbonyl (C=O) groups is 3. The Morgan fingerprint density at radius 2 is 1.89 bits per heavy atom. The van der Waals surface area contributed by atoms with E-state index in [2.05, 4.69) is 5.32 Å². The van der Waals surface area contributed by atoms with E-state index in [1.807, 2.05) is 0 Å². The van der Waals surface area contributed by atoms with E-state index in [4.69, 9.17) is 14.2 Å². The van der Waals surface area contributed by atoms with Gasteiger partial charge in [0.15, 0.2) is 11.5 Å². The first-order chi connectivity index (χ1) is 13.1. The van der Waals surface area contributed by atoms with E-state index in [0.29, 0.717) is 49.6 Å². The van der Waals surface area contributed by atoms with Crippen LogP contribution in [0.2, 0.25) is 0 Å². The van der Waals surface area contributed by atoms with Gasteiger partial charge in [0, 0.05) is 31.1 Å². The molecular formula is C19H24N2O6. The molecule has 146 valence electrons. The summed E-state index contributed by atoms with van der Waals surface area (Å²) in [5.74, 6) is 0.645. The summed E-state index contributed by atoms with van der Waals surface area (Å²) in [7, 11) is 0. The fourth-order valence-electron chi connectivity index (χ4n) is 3.18. The molecule has 27 heavy (non-hydrogen) atoms. The number of esters is 1. The lowest BCUT2D eigenvalue weighted by Crippen LogP contribution is -2.46. The summed E-state index contributed by atoms with van der Waals surface area (Å²) in [4.78, 5) is 37.7. The van der Waals surface area contributed by atoms with Crippen molar-refractivity contribution in [3.8, 4) is 11.5 Å². The van der Waals surface area contributed by atoms with Gasteiger partial charge in [0.2, 0.25) is 12.7 Å². The van der Waals surface area contributed by atoms with Crippen LogP contribution in [-0.2, 0) is 14.3 Å². The van der Waals surface area contributed by atoms with Gasteiger partial charge >= 0.3 is 5.97 Å². The zero-order valence-corrected chi connectivity index (χ0v) is 15.4. The largest absolute Gasteiger partial charge is 0.466 e. The Kier molecular flexibility index (Phi) is 6.16. The molecule has 2 aliphatic heterocycles. The second-order valence-corrected chi connectivity index (χ2v) is 6.50. The van der Waals surface area contributed by atoms with E-state index >= 15 is 0 Å². The quantitative estimate of drug-likeness (QED) is 0.756. The lowest BCUT2D eigenvalue weighted by molar-refractivity contribution is -0.145. The third kappa shape index (κ3) is 4.90. The second kappa shape index (κ2) is 8.75. The first-order valence-electron chi connectivity index (χ1n) is 9.20. The number of likely N-dealkylation sites (tertiary alicyclic amines) is 1. The standard InChI is InChI=1S/C19H24N2O6/c1-2-25-18(23)6-5-17(22)21-9-7-14(8-10-21)20-19(24)13-3-4-15-16(11-13)27-12-26-15/h3-4,11,14H,2,5-10,12H2,1H3,(H,20,24). The van der Waals surface area contributed by atoms with Crippen LogP contribution in [0.5, 0.6) is 11.5 Å². The molecule has 3 rings (SSSR count). The minimum absolute atomic E-state index is 0.0111. The zero-order valence-electron chi connectivity index (χ0n) is 15.4. The number of nitrogens with zero attached hydrogens (tertiary/aromatic N) is 1. The number of ether oxygens (including phenoxy) is 3. The summed E-state index contributed by atoms with van der Waals surface area (Å²) >= 11 is 0. The number of carbonyl (C=O) groups excluding carboxylic acids is 3. The molecule has 2 amide bonds. The number of fused-ring (bicyclic) bond motifs is 1. The lowest BCUT2D eigenvalue weighted by Gasteiger charge is -2.32. The predicted octanol–water partition coefficient (Wildman–Crippen LogP) is 1.48. The summed E-state index contributed by atoms with van der Waals surface area (Å²) in [5, 5.41) is 3.01. The Bertz CT molecular complexity index is 712. The number of rotatable bonds is 6. The molecule has 1 aromatic rings. The second-order valence-electron chi connectivity index (χ2n) is 6.50. The van der Waals surface area contributed by atoms with Gasteiger partial charge in [-0.25, -0.2) is 0 Å². The highest BCUT2D eigenvalue weighted by Crippen LogP contribution is 2.32. The zero-order chi connectivity index (χ0) is 19.2. The van der Waals surface area contributed by atoms with E-state index in [9.17, 15) is 14.4 Å². The molecule has 0 spiro atoms. The van der Waals surface area contributed by atoms with Crippen molar-refractivity contribution >= 4 is 17.8 Å². The van der Waals surface area contributed by atoms with Gasteiger partial charge in [-0.2, -0.15) is 0 Å². The molecule has 0 bridgehead atoms. The number of hydrogen-bond donors (Lipinski definition) is 1. The molecule has 8 nitrogen and oxygen atoms in total. The SMILES string of the molecule is CCOC(=O)CCC(=O)N1CCC(NC(=O)c2ccc3c(c2)OCO3)CC1. The minimum atomic E-state index is -0.350. The fraction of sp³-hybridized carbons (Fsp3) is 0.526. The van der Waals surface area contributed by atoms with E-state index in [1.54, 1.807) is 30.0 Å². The van der Waals surface area contributed by atoms with Crippen molar-refractivity contribution in [1.82, 2.24) is 10.2 Å². The predicted molar refractivity (Wildman–Crippen MR) is 95.5 cm³/mol. The van der Waals surface area contributed by atoms with Crippen LogP contribution in [-0.4, -0.2) is 55.2 Å². The van der Waals surface area contributed by atoms with E-state index in [0.717, 1.165) is 0 Å². The molecule has 0 radical (unpaired) electrons. The van der Waals surface area contributed by atoms with E-state index in [1.165, 1.54) is 0 Å². The molecule has 1 fully saturated rings. The monoisotopic (exact) mass is 376 g/mol. The van der Waals surface area contributed by atoms with Crippen LogP contribution in [0.4, 0.5) is 0 Å². The van der Waals surface area contributed by atoms with Crippen LogP contribution in [0.15, 0.2) is 18.2 Å². The van der Waals surface area contributed by atoms with Gasteiger partial charge in [-0.15, -0.1) is 0 Å². The fourth-order valence-corrected chi connectivity index (χ4v) is 3.18. The average Bonchev–Trinajstić information content (AvgIpc) is 3.14. The van der Waals surface area contributed by atoms with Crippen molar-refractivity contribution in [2.24, 2.45) is 0 Å². The third-order valence-corrected chi connectivity index (χ3v) is 4.67. The van der Waals surface area contributed by atoms with Crippen LogP contribution in [0, 0.1) is 0 Å². The molecule has 2 heterocycles. The van der Waals surface area contributed by atoms with Gasteiger partial charge in [0.05, 0.1) is 13.0 Å². The highest BCUT2D eigenvalue weighted by molar-refractivity contribution is 5.95. The van der Waals surface area contributed by atoms with Gasteiger partial charge in [0.25, 0.3) is 5.91 Å². The first-order valence-corrected chi connectivity index (χ1v) is 9.20. The molecular weight excluding hydrogens is 352 g/mol. The Morgan fingerprint density at radius 3 is 2.63 bits per heavy atom. The Labute approximate surface area is 157 Å². The third-order valence-electron chi connectivity index (χ3n) is 4.67. The average molecular weight is 376 g/mol. The van der Waals surface area contributed by atoms with Crippen LogP contribution in [0.1, 0.15) is 43.0 Å². The summed E-state index contributed by atoms with van der Waals surface area (Å²) in [6.07, 6.45) is 1.63. The van der Waals surface area contributed by atoms with Gasteiger partial charge in [-0.1, -0.05) is 0 Å². The Morgan fingerprint density at radius 1 is 1.15 bits per heavy atom. The highest BCUT2D eigenvalue weighted by Gasteiger charge is 2.25. The molecule has 1 aromatic carbocycles. The van der Waals surface area contributed by atoms with Crippen molar-refractivity contribution in [2.75, 3.05) is 26.5 Å². The first kappa shape index (κ1) is 19.0. The highest BCUT2D eigenvalue weighted by atomic mass is 16.7. The normalized spacial score (nSPS) is 16.1. The molecule has 0 atom stereocenters. The smallest absolute Gasteiger partial charge is 0.306 e. The molecule has 0 unspecified atom stereocenters. The summed E-state index contributed by atoms with van der Waals surface area (Å²) < 4.78 is 15.4. The summed E-state index contributed by atoms with van der Waals surface area (Å²) in [6, 6.07) is 5.11. The topological polar surface area (TPSA) is 94.2 Å². The Balaban J connectivity index is 1.43. The van der Waals surface area contributed by atoms with E-state index in [-0.39, 0.29) is 43.5 Å². The molecule has 1 N–H and O–H groups in total. The molecule has 2 aliphatic rings. The molecule has 8 heteroatoms. The van der Waals surface area contributed by atoms with Crippen LogP contribution in [0.25, 0.3) is 0 Å². The summed E-state index contributed by atoms with van der Waals surface area (Å²) in [6.45, 7) is 3.36.